The van der Waals surface area contributed by atoms with Gasteiger partial charge in [0.25, 0.3) is 0 Å². The number of ether oxygens (including phenoxy) is 1. The number of fused-ring (bicyclic) bond motifs is 1. The zero-order valence-corrected chi connectivity index (χ0v) is 18.4. The van der Waals surface area contributed by atoms with E-state index in [1.165, 1.54) is 19.4 Å². The van der Waals surface area contributed by atoms with E-state index in [-0.39, 0.29) is 18.0 Å². The van der Waals surface area contributed by atoms with Crippen LogP contribution in [0.4, 0.5) is 11.4 Å². The molecule has 0 fully saturated rings. The van der Waals surface area contributed by atoms with Crippen molar-refractivity contribution in [3.05, 3.63) is 46.9 Å². The van der Waals surface area contributed by atoms with Gasteiger partial charge in [0.2, 0.25) is 15.9 Å². The van der Waals surface area contributed by atoms with Crippen LogP contribution in [0.5, 0.6) is 5.75 Å². The van der Waals surface area contributed by atoms with E-state index in [1.54, 1.807) is 16.6 Å². The van der Waals surface area contributed by atoms with Crippen molar-refractivity contribution in [3.8, 4) is 11.8 Å². The van der Waals surface area contributed by atoms with Gasteiger partial charge in [0, 0.05) is 23.5 Å². The Morgan fingerprint density at radius 1 is 1.32 bits per heavy atom. The normalized spacial score (nSPS) is 11.2. The molecule has 0 spiro atoms. The number of hydrogen-bond donors (Lipinski definition) is 2. The number of carbonyl (C=O) groups is 1. The molecule has 2 aromatic heterocycles. The molecule has 10 nitrogen and oxygen atoms in total. The number of amides is 1. The number of anilines is 2. The molecule has 0 unspecified atom stereocenters. The van der Waals surface area contributed by atoms with E-state index in [0.717, 1.165) is 23.2 Å². The second-order valence-electron chi connectivity index (χ2n) is 7.00. The Labute approximate surface area is 179 Å². The average Bonchev–Trinajstić information content (AvgIpc) is 3.09. The molecule has 3 rings (SSSR count). The zero-order valence-electron chi connectivity index (χ0n) is 17.6. The van der Waals surface area contributed by atoms with Crippen LogP contribution >= 0.6 is 0 Å². The first kappa shape index (κ1) is 22.0. The second-order valence-corrected chi connectivity index (χ2v) is 8.75. The summed E-state index contributed by atoms with van der Waals surface area (Å²) in [5.41, 5.74) is 3.99. The van der Waals surface area contributed by atoms with Crippen molar-refractivity contribution in [3.63, 3.8) is 0 Å². The number of rotatable bonds is 7. The van der Waals surface area contributed by atoms with Gasteiger partial charge in [0.1, 0.15) is 17.4 Å². The van der Waals surface area contributed by atoms with Gasteiger partial charge in [-0.15, -0.1) is 0 Å². The topological polar surface area (TPSA) is 138 Å². The summed E-state index contributed by atoms with van der Waals surface area (Å²) in [7, 11) is -2.08. The predicted octanol–water partition coefficient (Wildman–Crippen LogP) is 2.17. The molecule has 0 aliphatic rings. The van der Waals surface area contributed by atoms with Gasteiger partial charge in [-0.3, -0.25) is 9.52 Å². The minimum atomic E-state index is -3.51. The van der Waals surface area contributed by atoms with Gasteiger partial charge in [0.15, 0.2) is 5.65 Å². The van der Waals surface area contributed by atoms with E-state index >= 15 is 0 Å². The summed E-state index contributed by atoms with van der Waals surface area (Å²) in [6.07, 6.45) is 3.12. The van der Waals surface area contributed by atoms with E-state index in [4.69, 9.17) is 10.00 Å². The Kier molecular flexibility index (Phi) is 6.12. The minimum absolute atomic E-state index is 0.183. The largest absolute Gasteiger partial charge is 0.495 e. The van der Waals surface area contributed by atoms with Gasteiger partial charge in [-0.1, -0.05) is 0 Å². The third-order valence-corrected chi connectivity index (χ3v) is 5.30. The minimum Gasteiger partial charge on any atom is -0.495 e. The maximum atomic E-state index is 12.5. The fourth-order valence-electron chi connectivity index (χ4n) is 3.28. The monoisotopic (exact) mass is 442 g/mol. The molecule has 0 saturated heterocycles. The molecule has 2 N–H and O–H groups in total. The van der Waals surface area contributed by atoms with Crippen molar-refractivity contribution in [1.29, 1.82) is 5.26 Å². The summed E-state index contributed by atoms with van der Waals surface area (Å²) in [5, 5.41) is 16.1. The van der Waals surface area contributed by atoms with E-state index in [2.05, 4.69) is 26.2 Å². The highest BCUT2D eigenvalue weighted by molar-refractivity contribution is 7.92. The van der Waals surface area contributed by atoms with E-state index in [9.17, 15) is 13.2 Å². The lowest BCUT2D eigenvalue weighted by molar-refractivity contribution is -0.116. The maximum absolute atomic E-state index is 12.5. The van der Waals surface area contributed by atoms with Gasteiger partial charge in [-0.05, 0) is 44.0 Å². The van der Waals surface area contributed by atoms with Gasteiger partial charge < -0.3 is 10.1 Å². The molecule has 2 heterocycles. The molecule has 1 amide bonds. The molecule has 0 aliphatic carbocycles. The standard InChI is InChI=1S/C20H22N6O4S/c1-12-16(13(2)26-20(23-12)14(10-21)11-22-26)6-8-19(27)24-15-5-7-18(30-3)17(9-15)25-31(4,28)29/h5,7,9,11,25H,6,8H2,1-4H3,(H,24,27). The SMILES string of the molecule is COc1ccc(NC(=O)CCc2c(C)nc3c(C#N)cnn3c2C)cc1NS(C)(=O)=O. The first-order chi connectivity index (χ1) is 14.6. The molecule has 3 aromatic rings. The zero-order chi connectivity index (χ0) is 22.8. The second kappa shape index (κ2) is 8.61. The molecular weight excluding hydrogens is 420 g/mol. The Morgan fingerprint density at radius 3 is 2.71 bits per heavy atom. The Hall–Kier alpha value is -3.65. The first-order valence-corrected chi connectivity index (χ1v) is 11.2. The van der Waals surface area contributed by atoms with Crippen LogP contribution in [0.3, 0.4) is 0 Å². The number of benzene rings is 1. The molecule has 0 saturated carbocycles. The fraction of sp³-hybridized carbons (Fsp3) is 0.300. The Balaban J connectivity index is 1.75. The highest BCUT2D eigenvalue weighted by atomic mass is 32.2. The predicted molar refractivity (Wildman–Crippen MR) is 116 cm³/mol. The van der Waals surface area contributed by atoms with E-state index in [1.807, 2.05) is 13.8 Å². The summed E-state index contributed by atoms with van der Waals surface area (Å²) in [4.78, 5) is 17.0. The maximum Gasteiger partial charge on any atom is 0.229 e. The fourth-order valence-corrected chi connectivity index (χ4v) is 3.84. The smallest absolute Gasteiger partial charge is 0.229 e. The number of nitrogens with one attached hydrogen (secondary N) is 2. The summed E-state index contributed by atoms with van der Waals surface area (Å²) < 4.78 is 32.2. The third-order valence-electron chi connectivity index (χ3n) is 4.71. The molecule has 0 aliphatic heterocycles. The van der Waals surface area contributed by atoms with Crippen molar-refractivity contribution >= 4 is 33.0 Å². The molecule has 31 heavy (non-hydrogen) atoms. The molecule has 0 radical (unpaired) electrons. The number of hydrogen-bond acceptors (Lipinski definition) is 7. The summed E-state index contributed by atoms with van der Waals surface area (Å²) >= 11 is 0. The number of methoxy groups -OCH3 is 1. The molecule has 0 bridgehead atoms. The van der Waals surface area contributed by atoms with Crippen LogP contribution < -0.4 is 14.8 Å². The summed E-state index contributed by atoms with van der Waals surface area (Å²) in [6.45, 7) is 3.71. The van der Waals surface area contributed by atoms with E-state index in [0.29, 0.717) is 29.1 Å². The van der Waals surface area contributed by atoms with Crippen LogP contribution in [0.25, 0.3) is 5.65 Å². The quantitative estimate of drug-likeness (QED) is 0.572. The highest BCUT2D eigenvalue weighted by Gasteiger charge is 2.15. The van der Waals surface area contributed by atoms with Crippen molar-refractivity contribution in [2.45, 2.75) is 26.7 Å². The van der Waals surface area contributed by atoms with Crippen molar-refractivity contribution < 1.29 is 17.9 Å². The van der Waals surface area contributed by atoms with E-state index < -0.39 is 10.0 Å². The number of nitriles is 1. The first-order valence-electron chi connectivity index (χ1n) is 9.32. The molecular formula is C20H22N6O4S. The molecule has 1 aromatic carbocycles. The van der Waals surface area contributed by atoms with Crippen LogP contribution in [0, 0.1) is 25.2 Å². The van der Waals surface area contributed by atoms with Gasteiger partial charge in [-0.25, -0.2) is 17.9 Å². The van der Waals surface area contributed by atoms with Crippen LogP contribution in [0.1, 0.15) is 28.9 Å². The molecule has 162 valence electrons. The van der Waals surface area contributed by atoms with Crippen molar-refractivity contribution in [2.75, 3.05) is 23.4 Å². The highest BCUT2D eigenvalue weighted by Crippen LogP contribution is 2.28. The number of nitrogens with zero attached hydrogens (tertiary/aromatic N) is 4. The average molecular weight is 443 g/mol. The van der Waals surface area contributed by atoms with Crippen molar-refractivity contribution in [1.82, 2.24) is 14.6 Å². The lowest BCUT2D eigenvalue weighted by Gasteiger charge is -2.13. The number of aromatic nitrogens is 3. The summed E-state index contributed by atoms with van der Waals surface area (Å²) in [5.74, 6) is 0.0950. The van der Waals surface area contributed by atoms with Crippen LogP contribution in [-0.2, 0) is 21.2 Å². The number of sulfonamides is 1. The molecule has 0 atom stereocenters. The number of aryl methyl sites for hydroxylation is 2. The third kappa shape index (κ3) is 4.92. The number of carbonyl (C=O) groups excluding carboxylic acids is 1. The van der Waals surface area contributed by atoms with Gasteiger partial charge in [-0.2, -0.15) is 10.4 Å². The Morgan fingerprint density at radius 2 is 2.06 bits per heavy atom. The lowest BCUT2D eigenvalue weighted by Crippen LogP contribution is -2.15. The van der Waals surface area contributed by atoms with Crippen LogP contribution in [0.15, 0.2) is 24.4 Å². The van der Waals surface area contributed by atoms with Gasteiger partial charge in [0.05, 0.1) is 25.2 Å². The summed E-state index contributed by atoms with van der Waals surface area (Å²) in [6, 6.07) is 6.76. The Bertz CT molecular complexity index is 1310. The van der Waals surface area contributed by atoms with Crippen LogP contribution in [0.2, 0.25) is 0 Å². The lowest BCUT2D eigenvalue weighted by atomic mass is 10.1. The van der Waals surface area contributed by atoms with Crippen LogP contribution in [-0.4, -0.2) is 42.3 Å². The van der Waals surface area contributed by atoms with Crippen molar-refractivity contribution in [2.24, 2.45) is 0 Å². The van der Waals surface area contributed by atoms with Gasteiger partial charge >= 0.3 is 0 Å². The molecule has 11 heteroatoms.